The Balaban J connectivity index is 1.61. The summed E-state index contributed by atoms with van der Waals surface area (Å²) >= 11 is 0. The standard InChI is InChI=1S/C15H17N3O4/c19-13(16-8-11-6-7-21-10-11)9-18-15(20)22-14(17-18)12-4-2-1-3-5-12/h1-5,11H,6-10H2,(H,16,19)/t11-/m1/s1. The fraction of sp³-hybridized carbons (Fsp3) is 0.400. The molecule has 1 saturated heterocycles. The first-order chi connectivity index (χ1) is 10.7. The molecule has 1 atom stereocenters. The molecule has 1 N–H and O–H groups in total. The highest BCUT2D eigenvalue weighted by atomic mass is 16.5. The molecule has 1 aliphatic rings. The van der Waals surface area contributed by atoms with Crippen LogP contribution in [0.25, 0.3) is 11.5 Å². The third-order valence-corrected chi connectivity index (χ3v) is 3.53. The van der Waals surface area contributed by atoms with Gasteiger partial charge in [-0.3, -0.25) is 4.79 Å². The fourth-order valence-electron chi connectivity index (χ4n) is 2.30. The van der Waals surface area contributed by atoms with Gasteiger partial charge in [-0.2, -0.15) is 4.68 Å². The van der Waals surface area contributed by atoms with Gasteiger partial charge in [0, 0.05) is 24.6 Å². The van der Waals surface area contributed by atoms with Gasteiger partial charge < -0.3 is 14.5 Å². The second-order valence-electron chi connectivity index (χ2n) is 5.23. The van der Waals surface area contributed by atoms with Crippen LogP contribution in [-0.2, 0) is 16.1 Å². The van der Waals surface area contributed by atoms with Gasteiger partial charge >= 0.3 is 5.76 Å². The van der Waals surface area contributed by atoms with E-state index in [1.165, 1.54) is 0 Å². The fourth-order valence-corrected chi connectivity index (χ4v) is 2.30. The van der Waals surface area contributed by atoms with Gasteiger partial charge in [-0.15, -0.1) is 5.10 Å². The second-order valence-corrected chi connectivity index (χ2v) is 5.23. The van der Waals surface area contributed by atoms with E-state index in [0.717, 1.165) is 17.7 Å². The van der Waals surface area contributed by atoms with E-state index in [4.69, 9.17) is 9.15 Å². The van der Waals surface area contributed by atoms with Crippen molar-refractivity contribution in [2.45, 2.75) is 13.0 Å². The number of carbonyl (C=O) groups excluding carboxylic acids is 1. The molecular formula is C15H17N3O4. The Morgan fingerprint density at radius 3 is 2.91 bits per heavy atom. The molecule has 0 aliphatic carbocycles. The highest BCUT2D eigenvalue weighted by Gasteiger charge is 2.17. The number of rotatable bonds is 5. The first-order valence-corrected chi connectivity index (χ1v) is 7.20. The van der Waals surface area contributed by atoms with E-state index in [-0.39, 0.29) is 18.3 Å². The summed E-state index contributed by atoms with van der Waals surface area (Å²) in [6.45, 7) is 1.81. The summed E-state index contributed by atoms with van der Waals surface area (Å²) in [7, 11) is 0. The molecule has 1 aliphatic heterocycles. The predicted molar refractivity (Wildman–Crippen MR) is 78.1 cm³/mol. The average Bonchev–Trinajstić information content (AvgIpc) is 3.17. The summed E-state index contributed by atoms with van der Waals surface area (Å²) in [5.41, 5.74) is 0.696. The molecule has 7 heteroatoms. The lowest BCUT2D eigenvalue weighted by molar-refractivity contribution is -0.122. The van der Waals surface area contributed by atoms with Gasteiger partial charge in [-0.1, -0.05) is 18.2 Å². The topological polar surface area (TPSA) is 86.4 Å². The Kier molecular flexibility index (Phi) is 4.34. The van der Waals surface area contributed by atoms with E-state index in [2.05, 4.69) is 10.4 Å². The van der Waals surface area contributed by atoms with E-state index in [0.29, 0.717) is 24.6 Å². The van der Waals surface area contributed by atoms with Gasteiger partial charge in [0.25, 0.3) is 0 Å². The number of aromatic nitrogens is 2. The van der Waals surface area contributed by atoms with Crippen LogP contribution < -0.4 is 11.1 Å². The number of hydrogen-bond acceptors (Lipinski definition) is 5. The van der Waals surface area contributed by atoms with Crippen molar-refractivity contribution >= 4 is 5.91 Å². The van der Waals surface area contributed by atoms with Crippen molar-refractivity contribution in [3.63, 3.8) is 0 Å². The van der Waals surface area contributed by atoms with E-state index in [1.807, 2.05) is 18.2 Å². The zero-order valence-corrected chi connectivity index (χ0v) is 12.0. The SMILES string of the molecule is O=C(Cn1nc(-c2ccccc2)oc1=O)NC[C@H]1CCOC1. The van der Waals surface area contributed by atoms with Gasteiger partial charge in [-0.25, -0.2) is 4.79 Å². The largest absolute Gasteiger partial charge is 0.437 e. The highest BCUT2D eigenvalue weighted by molar-refractivity contribution is 5.75. The van der Waals surface area contributed by atoms with Crippen LogP contribution in [0.3, 0.4) is 0 Å². The number of nitrogens with zero attached hydrogens (tertiary/aromatic N) is 2. The zero-order valence-electron chi connectivity index (χ0n) is 12.0. The molecule has 0 radical (unpaired) electrons. The highest BCUT2D eigenvalue weighted by Crippen LogP contribution is 2.14. The molecule has 0 saturated carbocycles. The molecule has 0 bridgehead atoms. The van der Waals surface area contributed by atoms with Crippen molar-refractivity contribution < 1.29 is 13.9 Å². The van der Waals surface area contributed by atoms with Gasteiger partial charge in [-0.05, 0) is 18.6 Å². The van der Waals surface area contributed by atoms with E-state index in [9.17, 15) is 9.59 Å². The third kappa shape index (κ3) is 3.43. The van der Waals surface area contributed by atoms with Crippen LogP contribution in [0.5, 0.6) is 0 Å². The molecule has 22 heavy (non-hydrogen) atoms. The van der Waals surface area contributed by atoms with E-state index >= 15 is 0 Å². The smallest absolute Gasteiger partial charge is 0.388 e. The lowest BCUT2D eigenvalue weighted by Crippen LogP contribution is -2.34. The van der Waals surface area contributed by atoms with Crippen molar-refractivity contribution in [3.05, 3.63) is 40.9 Å². The molecule has 0 unspecified atom stereocenters. The third-order valence-electron chi connectivity index (χ3n) is 3.53. The molecule has 1 amide bonds. The van der Waals surface area contributed by atoms with Crippen molar-refractivity contribution in [1.29, 1.82) is 0 Å². The van der Waals surface area contributed by atoms with Crippen molar-refractivity contribution in [3.8, 4) is 11.5 Å². The Hall–Kier alpha value is -2.41. The molecule has 7 nitrogen and oxygen atoms in total. The molecule has 116 valence electrons. The minimum atomic E-state index is -0.641. The second kappa shape index (κ2) is 6.57. The Morgan fingerprint density at radius 1 is 1.36 bits per heavy atom. The van der Waals surface area contributed by atoms with Gasteiger partial charge in [0.1, 0.15) is 6.54 Å². The zero-order chi connectivity index (χ0) is 15.4. The van der Waals surface area contributed by atoms with Crippen molar-refractivity contribution in [2.24, 2.45) is 5.92 Å². The predicted octanol–water partition coefficient (Wildman–Crippen LogP) is 0.656. The summed E-state index contributed by atoms with van der Waals surface area (Å²) in [4.78, 5) is 23.6. The van der Waals surface area contributed by atoms with Gasteiger partial charge in [0.05, 0.1) is 6.61 Å². The number of carbonyl (C=O) groups is 1. The Morgan fingerprint density at radius 2 is 2.18 bits per heavy atom. The molecular weight excluding hydrogens is 286 g/mol. The van der Waals surface area contributed by atoms with Crippen LogP contribution in [0.4, 0.5) is 0 Å². The van der Waals surface area contributed by atoms with Crippen molar-refractivity contribution in [2.75, 3.05) is 19.8 Å². The Labute approximate surface area is 126 Å². The van der Waals surface area contributed by atoms with Crippen LogP contribution in [-0.4, -0.2) is 35.4 Å². The number of amides is 1. The van der Waals surface area contributed by atoms with E-state index < -0.39 is 5.76 Å². The summed E-state index contributed by atoms with van der Waals surface area (Å²) in [6, 6.07) is 9.08. The molecule has 3 rings (SSSR count). The molecule has 1 aromatic carbocycles. The Bertz CT molecular complexity index is 686. The van der Waals surface area contributed by atoms with E-state index in [1.54, 1.807) is 12.1 Å². The monoisotopic (exact) mass is 303 g/mol. The van der Waals surface area contributed by atoms with Gasteiger partial charge in [0.2, 0.25) is 11.8 Å². The molecule has 1 aromatic heterocycles. The van der Waals surface area contributed by atoms with Crippen LogP contribution >= 0.6 is 0 Å². The summed E-state index contributed by atoms with van der Waals surface area (Å²) in [5, 5.41) is 6.84. The number of hydrogen-bond donors (Lipinski definition) is 1. The minimum absolute atomic E-state index is 0.150. The summed E-state index contributed by atoms with van der Waals surface area (Å²) in [5.74, 6) is -0.347. The molecule has 0 spiro atoms. The maximum absolute atomic E-state index is 11.9. The van der Waals surface area contributed by atoms with Crippen LogP contribution in [0.1, 0.15) is 6.42 Å². The van der Waals surface area contributed by atoms with Gasteiger partial charge in [0.15, 0.2) is 0 Å². The van der Waals surface area contributed by atoms with Crippen LogP contribution in [0, 0.1) is 5.92 Å². The number of benzene rings is 1. The lowest BCUT2D eigenvalue weighted by atomic mass is 10.1. The summed E-state index contributed by atoms with van der Waals surface area (Å²) in [6.07, 6.45) is 0.947. The van der Waals surface area contributed by atoms with Crippen LogP contribution in [0.2, 0.25) is 0 Å². The normalized spacial score (nSPS) is 17.5. The lowest BCUT2D eigenvalue weighted by Gasteiger charge is -2.08. The maximum atomic E-state index is 11.9. The molecule has 2 heterocycles. The molecule has 2 aromatic rings. The first kappa shape index (κ1) is 14.5. The molecule has 1 fully saturated rings. The van der Waals surface area contributed by atoms with Crippen LogP contribution in [0.15, 0.2) is 39.5 Å². The summed E-state index contributed by atoms with van der Waals surface area (Å²) < 4.78 is 11.4. The quantitative estimate of drug-likeness (QED) is 0.876. The average molecular weight is 303 g/mol. The number of ether oxygens (including phenoxy) is 1. The first-order valence-electron chi connectivity index (χ1n) is 7.20. The maximum Gasteiger partial charge on any atom is 0.437 e. The minimum Gasteiger partial charge on any atom is -0.388 e. The van der Waals surface area contributed by atoms with Crippen molar-refractivity contribution in [1.82, 2.24) is 15.1 Å². The number of nitrogens with one attached hydrogen (secondary N) is 1.